The van der Waals surface area contributed by atoms with Crippen LogP contribution in [-0.4, -0.2) is 40.4 Å². The van der Waals surface area contributed by atoms with Crippen molar-refractivity contribution in [2.24, 2.45) is 0 Å². The van der Waals surface area contributed by atoms with E-state index in [1.54, 1.807) is 24.3 Å². The number of ketones is 1. The van der Waals surface area contributed by atoms with Crippen LogP contribution in [0.15, 0.2) is 63.8 Å². The molecule has 0 aliphatic heterocycles. The van der Waals surface area contributed by atoms with E-state index in [9.17, 15) is 14.7 Å². The van der Waals surface area contributed by atoms with Crippen LogP contribution in [-0.2, 0) is 4.79 Å². The zero-order chi connectivity index (χ0) is 16.4. The molecule has 0 spiro atoms. The minimum absolute atomic E-state index is 0. The molecule has 0 saturated heterocycles. The number of Topliss-reactive ketones (excluding diaryl/α,β-unsaturated/α-hetero) is 1. The average Bonchev–Trinajstić information content (AvgIpc) is 2.54. The fourth-order valence-corrected chi connectivity index (χ4v) is 2.81. The average molecular weight is 331 g/mol. The fraction of sp³-hybridized carbons (Fsp3) is 0.158. The van der Waals surface area contributed by atoms with Crippen molar-refractivity contribution in [1.29, 1.82) is 0 Å². The Bertz CT molecular complexity index is 916. The Morgan fingerprint density at radius 2 is 1.71 bits per heavy atom. The summed E-state index contributed by atoms with van der Waals surface area (Å²) in [7, 11) is 0. The summed E-state index contributed by atoms with van der Waals surface area (Å²) in [6.07, 6.45) is 0.126. The molecule has 117 valence electrons. The van der Waals surface area contributed by atoms with Gasteiger partial charge < -0.3 is 9.52 Å². The van der Waals surface area contributed by atoms with Crippen LogP contribution in [0.4, 0.5) is 0 Å². The molecule has 1 aromatic heterocycles. The largest absolute Gasteiger partial charge is 0.507 e. The van der Waals surface area contributed by atoms with E-state index in [0.29, 0.717) is 11.0 Å². The van der Waals surface area contributed by atoms with E-state index < -0.39 is 11.5 Å². The molecule has 4 nitrogen and oxygen atoms in total. The number of carbonyl (C=O) groups excluding carboxylic acids is 1. The van der Waals surface area contributed by atoms with Crippen molar-refractivity contribution < 1.29 is 14.3 Å². The Balaban J connectivity index is 0.00000208. The normalized spacial score (nSPS) is 11.7. The first-order chi connectivity index (χ1) is 11.1. The Morgan fingerprint density at radius 1 is 1.08 bits per heavy atom. The van der Waals surface area contributed by atoms with Crippen LogP contribution in [0.5, 0.6) is 5.75 Å². The third-order valence-electron chi connectivity index (χ3n) is 3.86. The van der Waals surface area contributed by atoms with Crippen LogP contribution in [0, 0.1) is 0 Å². The first kappa shape index (κ1) is 18.5. The Labute approximate surface area is 161 Å². The van der Waals surface area contributed by atoms with Crippen molar-refractivity contribution in [3.63, 3.8) is 0 Å². The number of para-hydroxylation sites is 1. The van der Waals surface area contributed by atoms with Crippen molar-refractivity contribution in [3.8, 4) is 5.75 Å². The van der Waals surface area contributed by atoms with E-state index in [1.165, 1.54) is 6.92 Å². The topological polar surface area (TPSA) is 67.5 Å². The number of rotatable bonds is 4. The molecule has 1 radical (unpaired) electrons. The van der Waals surface area contributed by atoms with Crippen LogP contribution >= 0.6 is 0 Å². The molecule has 0 aliphatic carbocycles. The second-order valence-electron chi connectivity index (χ2n) is 5.52. The van der Waals surface area contributed by atoms with Crippen molar-refractivity contribution in [3.05, 3.63) is 76.1 Å². The third-order valence-corrected chi connectivity index (χ3v) is 3.86. The minimum atomic E-state index is -0.615. The molecule has 3 aromatic rings. The van der Waals surface area contributed by atoms with Gasteiger partial charge in [0.05, 0.1) is 10.9 Å². The molecule has 5 heteroatoms. The van der Waals surface area contributed by atoms with Crippen LogP contribution in [0.1, 0.15) is 30.4 Å². The van der Waals surface area contributed by atoms with Gasteiger partial charge in [0.2, 0.25) is 0 Å². The molecule has 2 aromatic carbocycles. The fourth-order valence-electron chi connectivity index (χ4n) is 2.81. The summed E-state index contributed by atoms with van der Waals surface area (Å²) < 4.78 is 5.33. The van der Waals surface area contributed by atoms with E-state index in [0.717, 1.165) is 5.56 Å². The van der Waals surface area contributed by atoms with Crippen LogP contribution < -0.4 is 5.63 Å². The number of hydrogen-bond donors (Lipinski definition) is 1. The number of hydrogen-bond acceptors (Lipinski definition) is 4. The summed E-state index contributed by atoms with van der Waals surface area (Å²) in [4.78, 5) is 24.1. The van der Waals surface area contributed by atoms with Gasteiger partial charge in [-0.05, 0) is 24.6 Å². The Morgan fingerprint density at radius 3 is 2.38 bits per heavy atom. The predicted molar refractivity (Wildman–Crippen MR) is 93.5 cm³/mol. The molecule has 1 heterocycles. The first-order valence-corrected chi connectivity index (χ1v) is 7.37. The van der Waals surface area contributed by atoms with Gasteiger partial charge in [-0.1, -0.05) is 42.5 Å². The van der Waals surface area contributed by atoms with Crippen LogP contribution in [0.2, 0.25) is 0 Å². The van der Waals surface area contributed by atoms with E-state index in [-0.39, 0.29) is 53.1 Å². The Hall–Kier alpha value is -1.88. The molecule has 0 aliphatic rings. The van der Waals surface area contributed by atoms with Gasteiger partial charge >= 0.3 is 5.63 Å². The van der Waals surface area contributed by atoms with Crippen LogP contribution in [0.3, 0.4) is 0 Å². The van der Waals surface area contributed by atoms with Gasteiger partial charge in [-0.2, -0.15) is 0 Å². The second-order valence-corrected chi connectivity index (χ2v) is 5.52. The number of carbonyl (C=O) groups is 1. The molecule has 24 heavy (non-hydrogen) atoms. The summed E-state index contributed by atoms with van der Waals surface area (Å²) in [6.45, 7) is 1.47. The van der Waals surface area contributed by atoms with Crippen molar-refractivity contribution >= 4 is 46.3 Å². The van der Waals surface area contributed by atoms with E-state index in [1.807, 2.05) is 30.3 Å². The maximum absolute atomic E-state index is 12.4. The van der Waals surface area contributed by atoms with Crippen molar-refractivity contribution in [2.45, 2.75) is 19.3 Å². The van der Waals surface area contributed by atoms with Gasteiger partial charge in [0, 0.05) is 41.9 Å². The third kappa shape index (κ3) is 3.61. The summed E-state index contributed by atoms with van der Waals surface area (Å²) in [5.41, 5.74) is 0.635. The quantitative estimate of drug-likeness (QED) is 0.589. The molecular formula is C19H16NaO4. The maximum Gasteiger partial charge on any atom is 0.343 e. The van der Waals surface area contributed by atoms with Gasteiger partial charge in [0.25, 0.3) is 0 Å². The molecule has 0 fully saturated rings. The standard InChI is InChI=1S/C19H16O4.Na/c1-12(20)11-15(13-7-3-2-4-8-13)17-18(21)14-9-5-6-10-16(14)23-19(17)22;/h2-10,15,21H,11H2,1H3;/t15-;/m1./s1. The molecule has 0 unspecified atom stereocenters. The smallest absolute Gasteiger partial charge is 0.343 e. The zero-order valence-electron chi connectivity index (χ0n) is 13.7. The molecule has 1 atom stereocenters. The summed E-state index contributed by atoms with van der Waals surface area (Å²) in [5, 5.41) is 11.1. The number of aromatic hydroxyl groups is 1. The van der Waals surface area contributed by atoms with E-state index in [4.69, 9.17) is 4.42 Å². The molecule has 0 amide bonds. The van der Waals surface area contributed by atoms with Crippen LogP contribution in [0.25, 0.3) is 11.0 Å². The first-order valence-electron chi connectivity index (χ1n) is 7.37. The van der Waals surface area contributed by atoms with E-state index in [2.05, 4.69) is 0 Å². The SMILES string of the molecule is CC(=O)C[C@H](c1ccccc1)c1c(O)c2ccccc2oc1=O.[Na]. The summed E-state index contributed by atoms with van der Waals surface area (Å²) in [5.74, 6) is -0.715. The molecule has 0 bridgehead atoms. The number of benzene rings is 2. The summed E-state index contributed by atoms with van der Waals surface area (Å²) in [6, 6.07) is 16.0. The molecule has 1 N–H and O–H groups in total. The monoisotopic (exact) mass is 331 g/mol. The van der Waals surface area contributed by atoms with Gasteiger partial charge in [-0.3, -0.25) is 4.79 Å². The number of fused-ring (bicyclic) bond motifs is 1. The predicted octanol–water partition coefficient (Wildman–Crippen LogP) is 3.23. The zero-order valence-corrected chi connectivity index (χ0v) is 15.7. The molecule has 3 rings (SSSR count). The maximum atomic E-state index is 12.4. The summed E-state index contributed by atoms with van der Waals surface area (Å²) >= 11 is 0. The van der Waals surface area contributed by atoms with Gasteiger partial charge in [0.1, 0.15) is 17.1 Å². The second kappa shape index (κ2) is 7.79. The van der Waals surface area contributed by atoms with Gasteiger partial charge in [-0.15, -0.1) is 0 Å². The van der Waals surface area contributed by atoms with Gasteiger partial charge in [0.15, 0.2) is 0 Å². The Kier molecular flexibility index (Phi) is 5.99. The van der Waals surface area contributed by atoms with E-state index >= 15 is 0 Å². The molecule has 0 saturated carbocycles. The van der Waals surface area contributed by atoms with Gasteiger partial charge in [-0.25, -0.2) is 4.79 Å². The van der Waals surface area contributed by atoms with Crippen molar-refractivity contribution in [2.75, 3.05) is 0 Å². The van der Waals surface area contributed by atoms with Crippen molar-refractivity contribution in [1.82, 2.24) is 0 Å². The molecular weight excluding hydrogens is 315 g/mol. The minimum Gasteiger partial charge on any atom is -0.507 e.